The van der Waals surface area contributed by atoms with Gasteiger partial charge in [0.25, 0.3) is 0 Å². The Morgan fingerprint density at radius 3 is 1.32 bits per heavy atom. The first kappa shape index (κ1) is 21.8. The third-order valence-electron chi connectivity index (χ3n) is 3.49. The van der Waals surface area contributed by atoms with E-state index in [1.807, 2.05) is 0 Å². The number of unbranched alkanes of at least 4 members (excludes halogenated alkanes) is 12. The van der Waals surface area contributed by atoms with Crippen LogP contribution in [0.1, 0.15) is 96.8 Å². The Kier molecular flexibility index (Phi) is 21.2. The van der Waals surface area contributed by atoms with Gasteiger partial charge >= 0.3 is 5.97 Å². The minimum atomic E-state index is -0.655. The molecule has 0 aromatic heterocycles. The van der Waals surface area contributed by atoms with Crippen molar-refractivity contribution in [2.24, 2.45) is 0 Å². The zero-order valence-corrected chi connectivity index (χ0v) is 15.3. The topological polar surface area (TPSA) is 37.3 Å². The quantitative estimate of drug-likeness (QED) is 0.272. The van der Waals surface area contributed by atoms with Crippen LogP contribution in [-0.4, -0.2) is 40.6 Å². The van der Waals surface area contributed by atoms with E-state index in [1.165, 1.54) is 70.6 Å². The summed E-state index contributed by atoms with van der Waals surface area (Å²) in [6, 6.07) is 0. The van der Waals surface area contributed by atoms with E-state index in [1.54, 1.807) is 0 Å². The van der Waals surface area contributed by atoms with E-state index in [0.717, 1.165) is 12.8 Å². The summed E-state index contributed by atoms with van der Waals surface area (Å²) in [4.78, 5) is 10.3. The summed E-state index contributed by atoms with van der Waals surface area (Å²) in [5.41, 5.74) is 0. The molecule has 1 N–H and O–H groups in total. The van der Waals surface area contributed by atoms with Crippen LogP contribution in [0.3, 0.4) is 0 Å². The van der Waals surface area contributed by atoms with Crippen molar-refractivity contribution < 1.29 is 9.90 Å². The zero-order chi connectivity index (χ0) is 13.5. The third kappa shape index (κ3) is 20.9. The predicted molar refractivity (Wildman–Crippen MR) is 83.7 cm³/mol. The molecular formula is C16H32NaO2. The van der Waals surface area contributed by atoms with Crippen LogP contribution in [-0.2, 0) is 4.79 Å². The first-order valence-corrected chi connectivity index (χ1v) is 7.99. The van der Waals surface area contributed by atoms with E-state index < -0.39 is 5.97 Å². The maximum atomic E-state index is 10.3. The Morgan fingerprint density at radius 1 is 0.684 bits per heavy atom. The molecular weight excluding hydrogens is 255 g/mol. The Morgan fingerprint density at radius 2 is 1.00 bits per heavy atom. The monoisotopic (exact) mass is 287 g/mol. The molecule has 0 aromatic rings. The summed E-state index contributed by atoms with van der Waals surface area (Å²) in [7, 11) is 0. The normalized spacial score (nSPS) is 10.2. The fourth-order valence-electron chi connectivity index (χ4n) is 2.29. The number of rotatable bonds is 14. The molecule has 0 bridgehead atoms. The zero-order valence-electron chi connectivity index (χ0n) is 13.3. The molecule has 19 heavy (non-hydrogen) atoms. The van der Waals surface area contributed by atoms with Crippen molar-refractivity contribution in [2.75, 3.05) is 0 Å². The second-order valence-electron chi connectivity index (χ2n) is 5.39. The van der Waals surface area contributed by atoms with Crippen molar-refractivity contribution in [3.63, 3.8) is 0 Å². The van der Waals surface area contributed by atoms with Crippen molar-refractivity contribution in [1.29, 1.82) is 0 Å². The summed E-state index contributed by atoms with van der Waals surface area (Å²) in [6.45, 7) is 2.26. The average molecular weight is 287 g/mol. The van der Waals surface area contributed by atoms with Gasteiger partial charge in [0, 0.05) is 36.0 Å². The van der Waals surface area contributed by atoms with E-state index in [0.29, 0.717) is 6.42 Å². The minimum absolute atomic E-state index is 0. The van der Waals surface area contributed by atoms with Gasteiger partial charge in [-0.2, -0.15) is 0 Å². The molecule has 0 atom stereocenters. The SMILES string of the molecule is [13CH3]C[13CH2]C[13CH2]C[13CH2]C[13CH2]C[13CH2]C[13CH2]C[13CH2]C(=O)O.[Na]. The molecule has 0 unspecified atom stereocenters. The van der Waals surface area contributed by atoms with Crippen molar-refractivity contribution in [2.45, 2.75) is 96.8 Å². The van der Waals surface area contributed by atoms with Crippen molar-refractivity contribution in [1.82, 2.24) is 0 Å². The van der Waals surface area contributed by atoms with E-state index in [2.05, 4.69) is 6.92 Å². The van der Waals surface area contributed by atoms with Crippen molar-refractivity contribution in [3.05, 3.63) is 0 Å². The van der Waals surface area contributed by atoms with Crippen LogP contribution in [0.5, 0.6) is 0 Å². The number of hydrogen-bond acceptors (Lipinski definition) is 1. The standard InChI is InChI=1S/C16H32O2.Na/c1-2-3-4-5-6-7-8-9-10-11-12-13-14-15-16(17)18;/h2-15H2,1H3,(H,17,18);/i1+1,3+1,5+1,7+1,9+1,11+1,13+1,15+1;. The maximum absolute atomic E-state index is 10.3. The molecule has 0 amide bonds. The Bertz CT molecular complexity index is 184. The maximum Gasteiger partial charge on any atom is 0.303 e. The van der Waals surface area contributed by atoms with Crippen LogP contribution in [0, 0.1) is 0 Å². The van der Waals surface area contributed by atoms with Crippen LogP contribution in [0.2, 0.25) is 0 Å². The predicted octanol–water partition coefficient (Wildman–Crippen LogP) is 5.17. The van der Waals surface area contributed by atoms with Gasteiger partial charge in [-0.1, -0.05) is 84.0 Å². The fourth-order valence-corrected chi connectivity index (χ4v) is 2.29. The fraction of sp³-hybridized carbons (Fsp3) is 0.938. The van der Waals surface area contributed by atoms with Gasteiger partial charge < -0.3 is 5.11 Å². The Labute approximate surface area is 142 Å². The molecule has 0 aliphatic heterocycles. The van der Waals surface area contributed by atoms with Crippen LogP contribution >= 0.6 is 0 Å². The van der Waals surface area contributed by atoms with Gasteiger partial charge in [-0.25, -0.2) is 0 Å². The second kappa shape index (κ2) is 18.5. The van der Waals surface area contributed by atoms with Crippen molar-refractivity contribution in [3.8, 4) is 0 Å². The number of carboxylic acids is 1. The van der Waals surface area contributed by atoms with Crippen LogP contribution in [0.25, 0.3) is 0 Å². The molecule has 2 nitrogen and oxygen atoms in total. The van der Waals surface area contributed by atoms with Gasteiger partial charge in [0.05, 0.1) is 0 Å². The first-order chi connectivity index (χ1) is 8.77. The summed E-state index contributed by atoms with van der Waals surface area (Å²) >= 11 is 0. The largest absolute Gasteiger partial charge is 0.481 e. The molecule has 0 heterocycles. The molecule has 0 fully saturated rings. The summed E-state index contributed by atoms with van der Waals surface area (Å²) in [5.74, 6) is -0.655. The van der Waals surface area contributed by atoms with Crippen molar-refractivity contribution >= 4 is 35.5 Å². The van der Waals surface area contributed by atoms with Gasteiger partial charge in [-0.15, -0.1) is 0 Å². The van der Waals surface area contributed by atoms with Crippen LogP contribution in [0.15, 0.2) is 0 Å². The Balaban J connectivity index is 0. The summed E-state index contributed by atoms with van der Waals surface area (Å²) < 4.78 is 0. The molecule has 0 aromatic carbocycles. The second-order valence-corrected chi connectivity index (χ2v) is 5.39. The van der Waals surface area contributed by atoms with E-state index in [9.17, 15) is 4.79 Å². The molecule has 0 saturated carbocycles. The number of aliphatic carboxylic acids is 1. The third-order valence-corrected chi connectivity index (χ3v) is 3.49. The smallest absolute Gasteiger partial charge is 0.303 e. The van der Waals surface area contributed by atoms with Gasteiger partial charge in [0.1, 0.15) is 0 Å². The van der Waals surface area contributed by atoms with Gasteiger partial charge in [-0.05, 0) is 6.42 Å². The van der Waals surface area contributed by atoms with Gasteiger partial charge in [-0.3, -0.25) is 4.79 Å². The molecule has 0 rings (SSSR count). The molecule has 0 aliphatic carbocycles. The first-order valence-electron chi connectivity index (χ1n) is 7.99. The minimum Gasteiger partial charge on any atom is -0.481 e. The number of hydrogen-bond donors (Lipinski definition) is 1. The summed E-state index contributed by atoms with van der Waals surface area (Å²) in [6.07, 6.45) is 17.3. The van der Waals surface area contributed by atoms with E-state index in [4.69, 9.17) is 5.11 Å². The molecule has 109 valence electrons. The average Bonchev–Trinajstić information content (AvgIpc) is 2.34. The molecule has 0 aliphatic rings. The number of carboxylic acid groups (broad SMARTS) is 1. The van der Waals surface area contributed by atoms with E-state index >= 15 is 0 Å². The van der Waals surface area contributed by atoms with Gasteiger partial charge in [0.15, 0.2) is 0 Å². The Hall–Kier alpha value is 0.470. The molecule has 0 spiro atoms. The molecule has 1 radical (unpaired) electrons. The van der Waals surface area contributed by atoms with Crippen LogP contribution in [0.4, 0.5) is 0 Å². The van der Waals surface area contributed by atoms with Crippen LogP contribution < -0.4 is 0 Å². The van der Waals surface area contributed by atoms with E-state index in [-0.39, 0.29) is 29.6 Å². The number of carbonyl (C=O) groups is 1. The summed E-state index contributed by atoms with van der Waals surface area (Å²) in [5, 5.41) is 8.49. The van der Waals surface area contributed by atoms with Gasteiger partial charge in [0.2, 0.25) is 0 Å². The molecule has 0 saturated heterocycles. The molecule has 3 heteroatoms.